The highest BCUT2D eigenvalue weighted by atomic mass is 16.9. The maximum Gasteiger partial charge on any atom is 0.326 e. The zero-order chi connectivity index (χ0) is 20.1. The van der Waals surface area contributed by atoms with Gasteiger partial charge in [0.05, 0.1) is 26.4 Å². The Morgan fingerprint density at radius 3 is 1.12 bits per heavy atom. The molecule has 0 aliphatic heterocycles. The minimum absolute atomic E-state index is 0.150. The fraction of sp³-hybridized carbons (Fsp3) is 0.889. The molecule has 0 aromatic rings. The SMILES string of the molecule is CCOC(C)(OCC)OC(=O)CCCCC(=O)OC(C)(OCC)OCC. The van der Waals surface area contributed by atoms with E-state index in [0.29, 0.717) is 39.3 Å². The minimum Gasteiger partial charge on any atom is -0.408 e. The number of carbonyl (C=O) groups excluding carboxylic acids is 2. The van der Waals surface area contributed by atoms with E-state index in [1.165, 1.54) is 0 Å². The maximum absolute atomic E-state index is 11.9. The van der Waals surface area contributed by atoms with Crippen molar-refractivity contribution in [3.05, 3.63) is 0 Å². The number of rotatable bonds is 15. The van der Waals surface area contributed by atoms with Crippen LogP contribution in [0.2, 0.25) is 0 Å². The van der Waals surface area contributed by atoms with E-state index in [0.717, 1.165) is 0 Å². The van der Waals surface area contributed by atoms with Crippen molar-refractivity contribution in [1.29, 1.82) is 0 Å². The molecule has 8 heteroatoms. The van der Waals surface area contributed by atoms with Crippen LogP contribution in [-0.2, 0) is 38.0 Å². The maximum atomic E-state index is 11.9. The van der Waals surface area contributed by atoms with Crippen molar-refractivity contribution in [3.63, 3.8) is 0 Å². The Bertz CT molecular complexity index is 360. The number of carbonyl (C=O) groups is 2. The fourth-order valence-electron chi connectivity index (χ4n) is 2.30. The van der Waals surface area contributed by atoms with E-state index in [2.05, 4.69) is 0 Å². The van der Waals surface area contributed by atoms with E-state index in [1.807, 2.05) is 0 Å². The number of ether oxygens (including phenoxy) is 6. The number of unbranched alkanes of at least 4 members (excludes halogenated alkanes) is 1. The quantitative estimate of drug-likeness (QED) is 0.244. The van der Waals surface area contributed by atoms with Crippen LogP contribution in [0.25, 0.3) is 0 Å². The van der Waals surface area contributed by atoms with Gasteiger partial charge in [-0.25, -0.2) is 0 Å². The summed E-state index contributed by atoms with van der Waals surface area (Å²) >= 11 is 0. The van der Waals surface area contributed by atoms with E-state index in [9.17, 15) is 9.59 Å². The van der Waals surface area contributed by atoms with Crippen LogP contribution in [-0.4, -0.2) is 50.3 Å². The van der Waals surface area contributed by atoms with Crippen LogP contribution in [0.3, 0.4) is 0 Å². The summed E-state index contributed by atoms with van der Waals surface area (Å²) in [7, 11) is 0. The Kier molecular flexibility index (Phi) is 12.4. The van der Waals surface area contributed by atoms with Crippen molar-refractivity contribution in [3.8, 4) is 0 Å². The summed E-state index contributed by atoms with van der Waals surface area (Å²) in [5.41, 5.74) is 0. The van der Waals surface area contributed by atoms with Crippen LogP contribution in [0.4, 0.5) is 0 Å². The topological polar surface area (TPSA) is 89.5 Å². The van der Waals surface area contributed by atoms with Gasteiger partial charge in [0, 0.05) is 26.7 Å². The molecule has 0 N–H and O–H groups in total. The number of hydrogen-bond acceptors (Lipinski definition) is 8. The molecule has 0 saturated heterocycles. The second-order valence-corrected chi connectivity index (χ2v) is 5.61. The zero-order valence-corrected chi connectivity index (χ0v) is 16.9. The van der Waals surface area contributed by atoms with Gasteiger partial charge in [-0.3, -0.25) is 9.59 Å². The third kappa shape index (κ3) is 10.7. The Balaban J connectivity index is 4.20. The molecule has 0 radical (unpaired) electrons. The first-order valence-corrected chi connectivity index (χ1v) is 9.23. The van der Waals surface area contributed by atoms with Gasteiger partial charge in [0.15, 0.2) is 0 Å². The molecule has 0 heterocycles. The second kappa shape index (κ2) is 13.0. The van der Waals surface area contributed by atoms with Crippen LogP contribution in [0.1, 0.15) is 67.2 Å². The smallest absolute Gasteiger partial charge is 0.326 e. The Morgan fingerprint density at radius 1 is 0.615 bits per heavy atom. The predicted octanol–water partition coefficient (Wildman–Crippen LogP) is 3.13. The molecule has 154 valence electrons. The molecule has 0 aliphatic rings. The molecular weight excluding hydrogens is 344 g/mol. The average molecular weight is 378 g/mol. The molecule has 26 heavy (non-hydrogen) atoms. The molecule has 0 aromatic heterocycles. The van der Waals surface area contributed by atoms with Crippen LogP contribution in [0.15, 0.2) is 0 Å². The standard InChI is InChI=1S/C18H34O8/c1-7-21-17(5,22-8-2)25-15(19)13-11-12-14-16(20)26-18(6,23-9-3)24-10-4/h7-14H2,1-6H3. The second-order valence-electron chi connectivity index (χ2n) is 5.61. The van der Waals surface area contributed by atoms with Crippen molar-refractivity contribution in [2.24, 2.45) is 0 Å². The lowest BCUT2D eigenvalue weighted by Crippen LogP contribution is -2.38. The molecular formula is C18H34O8. The van der Waals surface area contributed by atoms with Crippen LogP contribution in [0.5, 0.6) is 0 Å². The van der Waals surface area contributed by atoms with Crippen LogP contribution in [0, 0.1) is 0 Å². The predicted molar refractivity (Wildman–Crippen MR) is 94.0 cm³/mol. The summed E-state index contributed by atoms with van der Waals surface area (Å²) in [4.78, 5) is 23.8. The lowest BCUT2D eigenvalue weighted by atomic mass is 10.2. The molecule has 0 saturated carbocycles. The summed E-state index contributed by atoms with van der Waals surface area (Å²) in [6.07, 6.45) is 1.25. The van der Waals surface area contributed by atoms with Crippen molar-refractivity contribution >= 4 is 11.9 Å². The first-order chi connectivity index (χ1) is 12.2. The van der Waals surface area contributed by atoms with Gasteiger partial charge in [-0.15, -0.1) is 0 Å². The van der Waals surface area contributed by atoms with Gasteiger partial charge >= 0.3 is 23.9 Å². The van der Waals surface area contributed by atoms with Gasteiger partial charge < -0.3 is 28.4 Å². The number of esters is 2. The fourth-order valence-corrected chi connectivity index (χ4v) is 2.30. The molecule has 0 aliphatic carbocycles. The normalized spacial score (nSPS) is 12.1. The highest BCUT2D eigenvalue weighted by Gasteiger charge is 2.31. The highest BCUT2D eigenvalue weighted by Crippen LogP contribution is 2.18. The molecule has 0 aromatic carbocycles. The molecule has 8 nitrogen and oxygen atoms in total. The Morgan fingerprint density at radius 2 is 0.885 bits per heavy atom. The van der Waals surface area contributed by atoms with Crippen LogP contribution >= 0.6 is 0 Å². The van der Waals surface area contributed by atoms with E-state index in [4.69, 9.17) is 28.4 Å². The summed E-state index contributed by atoms with van der Waals surface area (Å²) < 4.78 is 31.7. The van der Waals surface area contributed by atoms with Crippen molar-refractivity contribution in [2.75, 3.05) is 26.4 Å². The summed E-state index contributed by atoms with van der Waals surface area (Å²) in [5, 5.41) is 0. The van der Waals surface area contributed by atoms with Crippen molar-refractivity contribution in [2.45, 2.75) is 79.2 Å². The van der Waals surface area contributed by atoms with Gasteiger partial charge in [0.25, 0.3) is 0 Å². The minimum atomic E-state index is -1.38. The summed E-state index contributed by atoms with van der Waals surface area (Å²) in [6, 6.07) is 0. The highest BCUT2D eigenvalue weighted by molar-refractivity contribution is 5.70. The molecule has 0 fully saturated rings. The summed E-state index contributed by atoms with van der Waals surface area (Å²) in [6.45, 7) is 11.7. The van der Waals surface area contributed by atoms with Crippen molar-refractivity contribution < 1.29 is 38.0 Å². The molecule has 0 bridgehead atoms. The zero-order valence-electron chi connectivity index (χ0n) is 16.9. The van der Waals surface area contributed by atoms with Crippen molar-refractivity contribution in [1.82, 2.24) is 0 Å². The van der Waals surface area contributed by atoms with Gasteiger partial charge in [0.2, 0.25) is 0 Å². The first-order valence-electron chi connectivity index (χ1n) is 9.23. The molecule has 0 spiro atoms. The Labute approximate surface area is 156 Å². The lowest BCUT2D eigenvalue weighted by molar-refractivity contribution is -0.350. The summed E-state index contributed by atoms with van der Waals surface area (Å²) in [5.74, 6) is -3.65. The molecule has 0 atom stereocenters. The third-order valence-corrected chi connectivity index (χ3v) is 3.24. The van der Waals surface area contributed by atoms with Gasteiger partial charge in [-0.1, -0.05) is 0 Å². The first kappa shape index (κ1) is 24.8. The van der Waals surface area contributed by atoms with Gasteiger partial charge in [-0.2, -0.15) is 0 Å². The Hall–Kier alpha value is -1.22. The third-order valence-electron chi connectivity index (χ3n) is 3.24. The van der Waals surface area contributed by atoms with Gasteiger partial charge in [-0.05, 0) is 40.5 Å². The van der Waals surface area contributed by atoms with E-state index < -0.39 is 23.9 Å². The lowest BCUT2D eigenvalue weighted by Gasteiger charge is -2.28. The largest absolute Gasteiger partial charge is 0.408 e. The van der Waals surface area contributed by atoms with Gasteiger partial charge in [0.1, 0.15) is 0 Å². The monoisotopic (exact) mass is 378 g/mol. The van der Waals surface area contributed by atoms with E-state index in [1.54, 1.807) is 41.5 Å². The molecule has 0 amide bonds. The van der Waals surface area contributed by atoms with E-state index >= 15 is 0 Å². The van der Waals surface area contributed by atoms with E-state index in [-0.39, 0.29) is 12.8 Å². The molecule has 0 rings (SSSR count). The number of hydrogen-bond donors (Lipinski definition) is 0. The molecule has 0 unspecified atom stereocenters. The van der Waals surface area contributed by atoms with Crippen LogP contribution < -0.4 is 0 Å². The average Bonchev–Trinajstić information content (AvgIpc) is 2.52.